The number of aryl methyl sites for hydroxylation is 1. The van der Waals surface area contributed by atoms with E-state index in [1.165, 1.54) is 57.4 Å². The molecule has 0 saturated heterocycles. The quantitative estimate of drug-likeness (QED) is 0.615. The number of rotatable bonds is 7. The minimum absolute atomic E-state index is 0.205. The molecule has 28 heavy (non-hydrogen) atoms. The van der Waals surface area contributed by atoms with Crippen molar-refractivity contribution in [1.82, 2.24) is 4.90 Å². The van der Waals surface area contributed by atoms with Gasteiger partial charge < -0.3 is 10.2 Å². The second kappa shape index (κ2) is 10.3. The summed E-state index contributed by atoms with van der Waals surface area (Å²) >= 11 is 0. The highest BCUT2D eigenvalue weighted by Gasteiger charge is 2.27. The zero-order chi connectivity index (χ0) is 19.9. The maximum atomic E-state index is 13.8. The highest BCUT2D eigenvalue weighted by molar-refractivity contribution is 5.76. The molecule has 0 radical (unpaired) electrons. The van der Waals surface area contributed by atoms with Crippen LogP contribution in [0.5, 0.6) is 0 Å². The van der Waals surface area contributed by atoms with Gasteiger partial charge in [0.15, 0.2) is 0 Å². The number of carbonyl (C=O) groups excluding carboxylic acids is 1. The lowest BCUT2D eigenvalue weighted by Gasteiger charge is -2.34. The van der Waals surface area contributed by atoms with E-state index < -0.39 is 0 Å². The number of hydrogen-bond acceptors (Lipinski definition) is 2. The third kappa shape index (κ3) is 5.71. The summed E-state index contributed by atoms with van der Waals surface area (Å²) in [6.45, 7) is 2.02. The molecule has 4 heteroatoms. The number of halogens is 1. The lowest BCUT2D eigenvalue weighted by atomic mass is 9.82. The number of anilines is 1. The minimum Gasteiger partial charge on any atom is -0.382 e. The molecule has 0 unspecified atom stereocenters. The van der Waals surface area contributed by atoms with Gasteiger partial charge in [-0.2, -0.15) is 0 Å². The molecule has 0 aromatic heterocycles. The summed E-state index contributed by atoms with van der Waals surface area (Å²) in [5.41, 5.74) is 1.94. The van der Waals surface area contributed by atoms with E-state index in [1.807, 2.05) is 24.9 Å². The molecule has 3 nitrogen and oxygen atoms in total. The predicted octanol–water partition coefficient (Wildman–Crippen LogP) is 6.07. The van der Waals surface area contributed by atoms with Gasteiger partial charge >= 0.3 is 0 Å². The lowest BCUT2D eigenvalue weighted by molar-refractivity contribution is -0.132. The molecule has 2 aliphatic carbocycles. The molecule has 1 atom stereocenters. The highest BCUT2D eigenvalue weighted by atomic mass is 19.1. The zero-order valence-electron chi connectivity index (χ0n) is 17.7. The maximum absolute atomic E-state index is 13.8. The average Bonchev–Trinajstić information content (AvgIpc) is 2.74. The van der Waals surface area contributed by atoms with Crippen molar-refractivity contribution in [3.05, 3.63) is 29.6 Å². The average molecular weight is 389 g/mol. The van der Waals surface area contributed by atoms with Crippen LogP contribution in [-0.4, -0.2) is 29.9 Å². The van der Waals surface area contributed by atoms with Crippen LogP contribution in [0.3, 0.4) is 0 Å². The van der Waals surface area contributed by atoms with E-state index in [2.05, 4.69) is 5.32 Å². The lowest BCUT2D eigenvalue weighted by Crippen LogP contribution is -2.39. The summed E-state index contributed by atoms with van der Waals surface area (Å²) in [5.74, 6) is 0.637. The maximum Gasteiger partial charge on any atom is 0.222 e. The summed E-state index contributed by atoms with van der Waals surface area (Å²) in [7, 11) is 1.98. The summed E-state index contributed by atoms with van der Waals surface area (Å²) in [6.07, 6.45) is 13.8. The van der Waals surface area contributed by atoms with Gasteiger partial charge in [0.1, 0.15) is 5.82 Å². The van der Waals surface area contributed by atoms with Gasteiger partial charge in [0.2, 0.25) is 5.91 Å². The van der Waals surface area contributed by atoms with Crippen molar-refractivity contribution in [3.63, 3.8) is 0 Å². The number of nitrogens with one attached hydrogen (secondary N) is 1. The Hall–Kier alpha value is -1.58. The standard InChI is InChI=1S/C24H37FN2O/c1-18-13-14-20(25)17-23(18)26-22(19-9-5-3-6-10-19)15-16-24(28)27(2)21-11-7-4-8-12-21/h13-14,17,19,21-22,26H,3-12,15-16H2,1-2H3/t22-/m0/s1. The highest BCUT2D eigenvalue weighted by Crippen LogP contribution is 2.31. The van der Waals surface area contributed by atoms with E-state index in [1.54, 1.807) is 6.07 Å². The molecule has 1 amide bonds. The molecule has 1 aromatic carbocycles. The first-order valence-electron chi connectivity index (χ1n) is 11.3. The van der Waals surface area contributed by atoms with Gasteiger partial charge in [-0.15, -0.1) is 0 Å². The van der Waals surface area contributed by atoms with Crippen LogP contribution in [0.2, 0.25) is 0 Å². The van der Waals surface area contributed by atoms with Gasteiger partial charge in [-0.1, -0.05) is 44.6 Å². The molecule has 156 valence electrons. The fourth-order valence-electron chi connectivity index (χ4n) is 5.04. The van der Waals surface area contributed by atoms with Crippen molar-refractivity contribution in [2.24, 2.45) is 5.92 Å². The summed E-state index contributed by atoms with van der Waals surface area (Å²) in [4.78, 5) is 14.8. The molecule has 2 fully saturated rings. The molecule has 1 N–H and O–H groups in total. The summed E-state index contributed by atoms with van der Waals surface area (Å²) in [5, 5.41) is 3.62. The third-order valence-electron chi connectivity index (χ3n) is 6.94. The van der Waals surface area contributed by atoms with Crippen molar-refractivity contribution in [1.29, 1.82) is 0 Å². The zero-order valence-corrected chi connectivity index (χ0v) is 17.7. The number of hydrogen-bond donors (Lipinski definition) is 1. The Balaban J connectivity index is 1.63. The summed E-state index contributed by atoms with van der Waals surface area (Å²) in [6, 6.07) is 5.61. The first-order chi connectivity index (χ1) is 13.5. The van der Waals surface area contributed by atoms with Crippen molar-refractivity contribution < 1.29 is 9.18 Å². The fourth-order valence-corrected chi connectivity index (χ4v) is 5.04. The first-order valence-corrected chi connectivity index (χ1v) is 11.3. The Kier molecular flexibility index (Phi) is 7.75. The van der Waals surface area contributed by atoms with Crippen LogP contribution in [0.15, 0.2) is 18.2 Å². The molecule has 0 heterocycles. The molecule has 0 spiro atoms. The number of amides is 1. The van der Waals surface area contributed by atoms with Gasteiger partial charge in [0, 0.05) is 31.2 Å². The van der Waals surface area contributed by atoms with Gasteiger partial charge in [-0.3, -0.25) is 4.79 Å². The van der Waals surface area contributed by atoms with Crippen molar-refractivity contribution >= 4 is 11.6 Å². The van der Waals surface area contributed by atoms with Crippen molar-refractivity contribution in [2.75, 3.05) is 12.4 Å². The Bertz CT molecular complexity index is 635. The van der Waals surface area contributed by atoms with Crippen LogP contribution in [0.4, 0.5) is 10.1 Å². The van der Waals surface area contributed by atoms with Crippen LogP contribution in [0, 0.1) is 18.7 Å². The van der Waals surface area contributed by atoms with E-state index in [0.29, 0.717) is 18.4 Å². The van der Waals surface area contributed by atoms with E-state index >= 15 is 0 Å². The van der Waals surface area contributed by atoms with E-state index in [9.17, 15) is 9.18 Å². The predicted molar refractivity (Wildman–Crippen MR) is 114 cm³/mol. The van der Waals surface area contributed by atoms with Crippen LogP contribution in [0.1, 0.15) is 82.6 Å². The molecular weight excluding hydrogens is 351 g/mol. The van der Waals surface area contributed by atoms with Crippen molar-refractivity contribution in [3.8, 4) is 0 Å². The third-order valence-corrected chi connectivity index (χ3v) is 6.94. The van der Waals surface area contributed by atoms with E-state index in [0.717, 1.165) is 30.5 Å². The molecule has 0 bridgehead atoms. The van der Waals surface area contributed by atoms with Gasteiger partial charge in [-0.05, 0) is 62.6 Å². The minimum atomic E-state index is -0.205. The molecule has 2 aliphatic rings. The topological polar surface area (TPSA) is 32.3 Å². The Morgan fingerprint density at radius 1 is 1.11 bits per heavy atom. The summed E-state index contributed by atoms with van der Waals surface area (Å²) < 4.78 is 13.8. The number of carbonyl (C=O) groups is 1. The van der Waals surface area contributed by atoms with E-state index in [-0.39, 0.29) is 17.8 Å². The van der Waals surface area contributed by atoms with Crippen molar-refractivity contribution in [2.45, 2.75) is 96.1 Å². The van der Waals surface area contributed by atoms with Crippen LogP contribution in [-0.2, 0) is 4.79 Å². The normalized spacial score (nSPS) is 20.0. The second-order valence-electron chi connectivity index (χ2n) is 8.94. The van der Waals surface area contributed by atoms with Crippen LogP contribution >= 0.6 is 0 Å². The second-order valence-corrected chi connectivity index (χ2v) is 8.94. The van der Waals surface area contributed by atoms with Gasteiger partial charge in [0.05, 0.1) is 0 Å². The SMILES string of the molecule is Cc1ccc(F)cc1N[C@@H](CCC(=O)N(C)C1CCCCC1)C1CCCCC1. The Morgan fingerprint density at radius 3 is 2.43 bits per heavy atom. The Labute approximate surface area is 170 Å². The molecule has 2 saturated carbocycles. The first kappa shape index (κ1) is 21.1. The number of nitrogens with zero attached hydrogens (tertiary/aromatic N) is 1. The molecular formula is C24H37FN2O. The van der Waals surface area contributed by atoms with Gasteiger partial charge in [-0.25, -0.2) is 4.39 Å². The smallest absolute Gasteiger partial charge is 0.222 e. The fraction of sp³-hybridized carbons (Fsp3) is 0.708. The Morgan fingerprint density at radius 2 is 1.75 bits per heavy atom. The van der Waals surface area contributed by atoms with Gasteiger partial charge in [0.25, 0.3) is 0 Å². The van der Waals surface area contributed by atoms with Crippen LogP contribution in [0.25, 0.3) is 0 Å². The molecule has 3 rings (SSSR count). The number of benzene rings is 1. The molecule has 1 aromatic rings. The van der Waals surface area contributed by atoms with E-state index in [4.69, 9.17) is 0 Å². The molecule has 0 aliphatic heterocycles. The largest absolute Gasteiger partial charge is 0.382 e. The monoisotopic (exact) mass is 388 g/mol. The van der Waals surface area contributed by atoms with Crippen LogP contribution < -0.4 is 5.32 Å².